The molecule has 198 valence electrons. The third-order valence-corrected chi connectivity index (χ3v) is 8.26. The van der Waals surface area contributed by atoms with E-state index in [4.69, 9.17) is 10.5 Å². The molecule has 0 saturated carbocycles. The molecule has 0 saturated heterocycles. The average Bonchev–Trinajstić information content (AvgIpc) is 2.80. The second-order valence-corrected chi connectivity index (χ2v) is 11.2. The fraction of sp³-hybridized carbons (Fsp3) is 0.423. The maximum atomic E-state index is 14.1. The van der Waals surface area contributed by atoms with Crippen LogP contribution in [0.1, 0.15) is 22.3 Å². The highest BCUT2D eigenvalue weighted by Gasteiger charge is 2.63. The number of allylic oxidation sites excluding steroid dienone is 1. The Morgan fingerprint density at radius 1 is 1.30 bits per heavy atom. The second-order valence-electron chi connectivity index (χ2n) is 10.0. The van der Waals surface area contributed by atoms with E-state index in [0.717, 1.165) is 11.3 Å². The van der Waals surface area contributed by atoms with E-state index in [-0.39, 0.29) is 24.2 Å². The van der Waals surface area contributed by atoms with Gasteiger partial charge in [-0.1, -0.05) is 12.7 Å². The van der Waals surface area contributed by atoms with Crippen molar-refractivity contribution >= 4 is 45.8 Å². The van der Waals surface area contributed by atoms with Gasteiger partial charge < -0.3 is 30.7 Å². The van der Waals surface area contributed by atoms with Gasteiger partial charge in [-0.2, -0.15) is 0 Å². The minimum atomic E-state index is -2.61. The number of hydrogen-bond donors (Lipinski definition) is 4. The highest BCUT2D eigenvalue weighted by Crippen LogP contribution is 2.53. The number of benzene rings is 1. The molecule has 3 aliphatic carbocycles. The van der Waals surface area contributed by atoms with Crippen molar-refractivity contribution in [1.29, 1.82) is 0 Å². The van der Waals surface area contributed by atoms with E-state index in [2.05, 4.69) is 29.2 Å². The van der Waals surface area contributed by atoms with E-state index < -0.39 is 58.0 Å². The Labute approximate surface area is 228 Å². The summed E-state index contributed by atoms with van der Waals surface area (Å²) in [6, 6.07) is 0.918. The summed E-state index contributed by atoms with van der Waals surface area (Å²) in [5.74, 6) is -5.65. The normalized spacial score (nSPS) is 27.1. The zero-order valence-electron chi connectivity index (χ0n) is 21.0. The number of nitrogens with zero attached hydrogens (tertiary/aromatic N) is 2. The zero-order valence-corrected chi connectivity index (χ0v) is 23.2. The molecule has 3 aliphatic rings. The number of ether oxygens (including phenoxy) is 1. The molecule has 37 heavy (non-hydrogen) atoms. The van der Waals surface area contributed by atoms with Gasteiger partial charge in [-0.05, 0) is 67.1 Å². The Bertz CT molecular complexity index is 1300. The van der Waals surface area contributed by atoms with Gasteiger partial charge in [0, 0.05) is 31.3 Å². The maximum absolute atomic E-state index is 14.1. The quantitative estimate of drug-likeness (QED) is 0.211. The molecular formula is C26H30IN3O7. The lowest BCUT2D eigenvalue weighted by Gasteiger charge is -2.50. The van der Waals surface area contributed by atoms with E-state index in [9.17, 15) is 29.7 Å². The number of hydrogen-bond acceptors (Lipinski definition) is 9. The smallest absolute Gasteiger partial charge is 0.255 e. The lowest BCUT2D eigenvalue weighted by molar-refractivity contribution is -0.148. The van der Waals surface area contributed by atoms with Crippen molar-refractivity contribution in [1.82, 2.24) is 4.90 Å². The Morgan fingerprint density at radius 2 is 1.95 bits per heavy atom. The van der Waals surface area contributed by atoms with Gasteiger partial charge in [0.2, 0.25) is 5.78 Å². The second kappa shape index (κ2) is 9.44. The fourth-order valence-corrected chi connectivity index (χ4v) is 6.66. The molecule has 1 amide bonds. The molecule has 0 aliphatic heterocycles. The van der Waals surface area contributed by atoms with Crippen molar-refractivity contribution in [2.45, 2.75) is 24.5 Å². The predicted octanol–water partition coefficient (Wildman–Crippen LogP) is 1.65. The molecule has 0 bridgehead atoms. The highest BCUT2D eigenvalue weighted by atomic mass is 127. The maximum Gasteiger partial charge on any atom is 0.255 e. The minimum Gasteiger partial charge on any atom is -0.510 e. The summed E-state index contributed by atoms with van der Waals surface area (Å²) in [6.45, 7) is 3.81. The van der Waals surface area contributed by atoms with Crippen LogP contribution in [0.25, 0.3) is 0 Å². The van der Waals surface area contributed by atoms with Gasteiger partial charge in [-0.15, -0.1) is 0 Å². The van der Waals surface area contributed by atoms with Crippen LogP contribution in [0, 0.1) is 15.4 Å². The third-order valence-electron chi connectivity index (χ3n) is 7.46. The molecule has 4 rings (SSSR count). The first-order valence-corrected chi connectivity index (χ1v) is 12.8. The summed E-state index contributed by atoms with van der Waals surface area (Å²) in [6.07, 6.45) is 1.96. The molecule has 0 heterocycles. The largest absolute Gasteiger partial charge is 0.510 e. The molecule has 0 fully saturated rings. The van der Waals surface area contributed by atoms with Crippen molar-refractivity contribution in [3.05, 3.63) is 56.1 Å². The molecule has 4 atom stereocenters. The summed E-state index contributed by atoms with van der Waals surface area (Å²) < 4.78 is 6.53. The molecule has 1 aromatic rings. The van der Waals surface area contributed by atoms with Crippen LogP contribution in [-0.4, -0.2) is 84.1 Å². The molecule has 11 heteroatoms. The fourth-order valence-electron chi connectivity index (χ4n) is 5.94. The number of amides is 1. The van der Waals surface area contributed by atoms with Crippen molar-refractivity contribution < 1.29 is 34.4 Å². The molecule has 0 spiro atoms. The van der Waals surface area contributed by atoms with E-state index >= 15 is 0 Å². The number of halogens is 1. The molecule has 0 unspecified atom stereocenters. The van der Waals surface area contributed by atoms with Gasteiger partial charge in [0.15, 0.2) is 11.4 Å². The molecular weight excluding hydrogens is 593 g/mol. The Balaban J connectivity index is 1.99. The number of primary amides is 1. The Morgan fingerprint density at radius 3 is 2.49 bits per heavy atom. The van der Waals surface area contributed by atoms with E-state index in [1.165, 1.54) is 0 Å². The van der Waals surface area contributed by atoms with Crippen LogP contribution in [0.2, 0.25) is 0 Å². The number of carbonyl (C=O) groups excluding carboxylic acids is 3. The average molecular weight is 623 g/mol. The standard InChI is InChI=1S/C26H30IN3O7/c1-6-7-37-22-14(27)10-15(29(2)3)12-8-11-9-13-19(30(4)5)21(32)18(25(28)35)24(34)26(13,36)23(33)16(11)20(31)17(12)22/h6,10-11,13,19,32-33,36H,1,7-9H2,2-5H3,(H2,28,35)/t11-,13-,19-,26-/m0/s1. The number of fused-ring (bicyclic) bond motifs is 3. The summed E-state index contributed by atoms with van der Waals surface area (Å²) in [7, 11) is 6.95. The summed E-state index contributed by atoms with van der Waals surface area (Å²) in [5, 5.41) is 34.1. The van der Waals surface area contributed by atoms with Crippen LogP contribution in [0.5, 0.6) is 5.75 Å². The van der Waals surface area contributed by atoms with E-state index in [1.54, 1.807) is 25.1 Å². The zero-order chi connectivity index (χ0) is 27.6. The van der Waals surface area contributed by atoms with Crippen molar-refractivity contribution in [3.63, 3.8) is 0 Å². The highest BCUT2D eigenvalue weighted by molar-refractivity contribution is 14.1. The number of ketones is 2. The molecule has 10 nitrogen and oxygen atoms in total. The number of aliphatic hydroxyl groups is 3. The molecule has 0 radical (unpaired) electrons. The van der Waals surface area contributed by atoms with Crippen molar-refractivity contribution in [2.24, 2.45) is 17.6 Å². The lowest BCUT2D eigenvalue weighted by Crippen LogP contribution is -2.63. The topological polar surface area (TPSA) is 154 Å². The number of Topliss-reactive ketones (excluding diaryl/α,β-unsaturated/α-hetero) is 2. The number of aliphatic hydroxyl groups excluding tert-OH is 2. The van der Waals surface area contributed by atoms with Crippen LogP contribution in [-0.2, 0) is 16.0 Å². The Kier molecular flexibility index (Phi) is 6.93. The van der Waals surface area contributed by atoms with E-state index in [0.29, 0.717) is 15.7 Å². The first-order chi connectivity index (χ1) is 17.3. The number of likely N-dealkylation sites (N-methyl/N-ethyl adjacent to an activating group) is 1. The van der Waals surface area contributed by atoms with Crippen LogP contribution >= 0.6 is 22.6 Å². The van der Waals surface area contributed by atoms with E-state index in [1.807, 2.05) is 25.1 Å². The molecule has 0 aromatic heterocycles. The lowest BCUT2D eigenvalue weighted by atomic mass is 9.58. The number of anilines is 1. The third kappa shape index (κ3) is 3.86. The Hall–Kier alpha value is -2.90. The molecule has 1 aromatic carbocycles. The van der Waals surface area contributed by atoms with Gasteiger partial charge in [0.05, 0.1) is 15.2 Å². The van der Waals surface area contributed by atoms with Crippen LogP contribution < -0.4 is 15.4 Å². The number of carbonyl (C=O) groups is 3. The first-order valence-electron chi connectivity index (χ1n) is 11.7. The summed E-state index contributed by atoms with van der Waals surface area (Å²) in [5.41, 5.74) is 3.67. The van der Waals surface area contributed by atoms with Crippen LogP contribution in [0.3, 0.4) is 0 Å². The molecule has 5 N–H and O–H groups in total. The summed E-state index contributed by atoms with van der Waals surface area (Å²) >= 11 is 2.07. The predicted molar refractivity (Wildman–Crippen MR) is 145 cm³/mol. The van der Waals surface area contributed by atoms with Crippen molar-refractivity contribution in [2.75, 3.05) is 39.7 Å². The van der Waals surface area contributed by atoms with Gasteiger partial charge in [-0.25, -0.2) is 0 Å². The summed E-state index contributed by atoms with van der Waals surface area (Å²) in [4.78, 5) is 43.0. The SMILES string of the molecule is C=CCOc1c(I)cc(N(C)C)c2c1C(=O)C1=C(O)[C@]3(O)C(=O)C(C(N)=O)=C(O)[C@@H](N(C)C)[C@@H]3C[C@@H]1C2. The minimum absolute atomic E-state index is 0.0907. The van der Waals surface area contributed by atoms with Crippen LogP contribution in [0.4, 0.5) is 5.69 Å². The number of rotatable bonds is 6. The van der Waals surface area contributed by atoms with Gasteiger partial charge in [0.25, 0.3) is 5.91 Å². The van der Waals surface area contributed by atoms with Crippen LogP contribution in [0.15, 0.2) is 41.4 Å². The van der Waals surface area contributed by atoms with Crippen molar-refractivity contribution in [3.8, 4) is 5.75 Å². The monoisotopic (exact) mass is 623 g/mol. The number of nitrogens with two attached hydrogens (primary N) is 1. The van der Waals surface area contributed by atoms with Gasteiger partial charge >= 0.3 is 0 Å². The first kappa shape index (κ1) is 27.1. The van der Waals surface area contributed by atoms with Gasteiger partial charge in [0.1, 0.15) is 29.4 Å². The van der Waals surface area contributed by atoms with Gasteiger partial charge in [-0.3, -0.25) is 19.3 Å².